The molecule has 2 heterocycles. The molecular weight excluding hydrogens is 272 g/mol. The summed E-state index contributed by atoms with van der Waals surface area (Å²) < 4.78 is 0. The van der Waals surface area contributed by atoms with Crippen LogP contribution < -0.4 is 5.32 Å². The summed E-state index contributed by atoms with van der Waals surface area (Å²) in [5.74, 6) is -0.00854. The first-order valence-electron chi connectivity index (χ1n) is 6.41. The SMILES string of the molecule is [CH2]C(CN1C(=O)c2ccccc2C1=O)NCc1nnn[nH]1. The van der Waals surface area contributed by atoms with Gasteiger partial charge in [-0.05, 0) is 29.5 Å². The quantitative estimate of drug-likeness (QED) is 0.737. The molecule has 8 heteroatoms. The first-order chi connectivity index (χ1) is 10.2. The standard InChI is InChI=1S/C13H13N6O2/c1-8(14-6-11-15-17-18-16-11)7-19-12(20)9-4-2-3-5-10(9)13(19)21/h2-5,8,14H,1,6-7H2,(H,15,16,17,18). The predicted octanol–water partition coefficient (Wildman–Crippen LogP) is -0.212. The Morgan fingerprint density at radius 2 is 1.90 bits per heavy atom. The minimum absolute atomic E-state index is 0.188. The predicted molar refractivity (Wildman–Crippen MR) is 72.0 cm³/mol. The molecule has 0 fully saturated rings. The van der Waals surface area contributed by atoms with Crippen LogP contribution in [0.4, 0.5) is 0 Å². The van der Waals surface area contributed by atoms with Gasteiger partial charge < -0.3 is 5.32 Å². The van der Waals surface area contributed by atoms with E-state index in [1.807, 2.05) is 0 Å². The molecule has 3 rings (SSSR count). The zero-order valence-electron chi connectivity index (χ0n) is 11.1. The number of carbonyl (C=O) groups is 2. The van der Waals surface area contributed by atoms with Gasteiger partial charge in [0, 0.05) is 12.6 Å². The summed E-state index contributed by atoms with van der Waals surface area (Å²) in [5.41, 5.74) is 0.878. The van der Waals surface area contributed by atoms with Gasteiger partial charge in [-0.3, -0.25) is 14.5 Å². The van der Waals surface area contributed by atoms with Gasteiger partial charge in [-0.1, -0.05) is 12.1 Å². The van der Waals surface area contributed by atoms with E-state index in [0.29, 0.717) is 23.5 Å². The summed E-state index contributed by atoms with van der Waals surface area (Å²) in [7, 11) is 0. The van der Waals surface area contributed by atoms with Crippen LogP contribution in [0.1, 0.15) is 26.5 Å². The molecule has 2 aromatic rings. The van der Waals surface area contributed by atoms with Crippen molar-refractivity contribution in [3.8, 4) is 0 Å². The monoisotopic (exact) mass is 285 g/mol. The van der Waals surface area contributed by atoms with Crippen LogP contribution >= 0.6 is 0 Å². The van der Waals surface area contributed by atoms with E-state index in [4.69, 9.17) is 0 Å². The fraction of sp³-hybridized carbons (Fsp3) is 0.231. The number of tetrazole rings is 1. The van der Waals surface area contributed by atoms with E-state index in [0.717, 1.165) is 0 Å². The van der Waals surface area contributed by atoms with Gasteiger partial charge in [0.05, 0.1) is 17.7 Å². The number of hydrogen-bond donors (Lipinski definition) is 2. The van der Waals surface area contributed by atoms with Crippen LogP contribution in [0.2, 0.25) is 0 Å². The first kappa shape index (κ1) is 13.4. The molecule has 2 N–H and O–H groups in total. The summed E-state index contributed by atoms with van der Waals surface area (Å²) in [6.45, 7) is 4.46. The van der Waals surface area contributed by atoms with Crippen molar-refractivity contribution >= 4 is 11.8 Å². The van der Waals surface area contributed by atoms with Crippen molar-refractivity contribution in [2.24, 2.45) is 0 Å². The molecule has 0 saturated heterocycles. The fourth-order valence-electron chi connectivity index (χ4n) is 2.18. The number of benzene rings is 1. The molecule has 0 aliphatic carbocycles. The Balaban J connectivity index is 1.63. The third-order valence-corrected chi connectivity index (χ3v) is 3.23. The lowest BCUT2D eigenvalue weighted by Gasteiger charge is -2.19. The Hall–Kier alpha value is -2.61. The lowest BCUT2D eigenvalue weighted by molar-refractivity contribution is 0.0645. The number of rotatable bonds is 5. The molecule has 2 amide bonds. The smallest absolute Gasteiger partial charge is 0.261 e. The molecule has 1 atom stereocenters. The molecule has 1 aliphatic heterocycles. The molecule has 0 spiro atoms. The van der Waals surface area contributed by atoms with E-state index in [9.17, 15) is 9.59 Å². The van der Waals surface area contributed by atoms with Crippen molar-refractivity contribution in [2.75, 3.05) is 6.54 Å². The lowest BCUT2D eigenvalue weighted by atomic mass is 10.1. The average Bonchev–Trinajstić information content (AvgIpc) is 3.09. The minimum Gasteiger partial charge on any atom is -0.305 e. The lowest BCUT2D eigenvalue weighted by Crippen LogP contribution is -2.42. The van der Waals surface area contributed by atoms with Gasteiger partial charge in [-0.15, -0.1) is 5.10 Å². The second-order valence-corrected chi connectivity index (χ2v) is 4.69. The summed E-state index contributed by atoms with van der Waals surface area (Å²) in [6, 6.07) is 6.47. The molecular formula is C13H13N6O2. The van der Waals surface area contributed by atoms with Crippen LogP contribution in [-0.4, -0.2) is 49.9 Å². The molecule has 1 aromatic heterocycles. The highest BCUT2D eigenvalue weighted by atomic mass is 16.2. The third kappa shape index (κ3) is 2.52. The number of fused-ring (bicyclic) bond motifs is 1. The zero-order chi connectivity index (χ0) is 14.8. The van der Waals surface area contributed by atoms with E-state index in [1.54, 1.807) is 24.3 Å². The van der Waals surface area contributed by atoms with Crippen molar-refractivity contribution in [2.45, 2.75) is 12.6 Å². The van der Waals surface area contributed by atoms with Crippen LogP contribution in [0.3, 0.4) is 0 Å². The Morgan fingerprint density at radius 1 is 1.24 bits per heavy atom. The van der Waals surface area contributed by atoms with E-state index in [1.165, 1.54) is 4.90 Å². The van der Waals surface area contributed by atoms with Crippen LogP contribution in [0.25, 0.3) is 0 Å². The number of imide groups is 1. The fourth-order valence-corrected chi connectivity index (χ4v) is 2.18. The average molecular weight is 285 g/mol. The van der Waals surface area contributed by atoms with E-state index in [-0.39, 0.29) is 24.4 Å². The largest absolute Gasteiger partial charge is 0.305 e. The molecule has 1 aromatic carbocycles. The second kappa shape index (κ2) is 5.41. The highest BCUT2D eigenvalue weighted by molar-refractivity contribution is 6.21. The number of aromatic nitrogens is 4. The summed E-state index contributed by atoms with van der Waals surface area (Å²) in [6.07, 6.45) is 0. The summed E-state index contributed by atoms with van der Waals surface area (Å²) in [5, 5.41) is 16.3. The Morgan fingerprint density at radius 3 is 2.48 bits per heavy atom. The summed E-state index contributed by atoms with van der Waals surface area (Å²) in [4.78, 5) is 25.6. The number of H-pyrrole nitrogens is 1. The van der Waals surface area contributed by atoms with Crippen molar-refractivity contribution < 1.29 is 9.59 Å². The second-order valence-electron chi connectivity index (χ2n) is 4.69. The van der Waals surface area contributed by atoms with Crippen molar-refractivity contribution in [3.05, 3.63) is 48.1 Å². The van der Waals surface area contributed by atoms with Gasteiger partial charge in [0.25, 0.3) is 11.8 Å². The van der Waals surface area contributed by atoms with Crippen molar-refractivity contribution in [1.82, 2.24) is 30.8 Å². The van der Waals surface area contributed by atoms with Crippen LogP contribution in [0.5, 0.6) is 0 Å². The van der Waals surface area contributed by atoms with Gasteiger partial charge in [0.1, 0.15) is 0 Å². The highest BCUT2D eigenvalue weighted by Gasteiger charge is 2.35. The number of amides is 2. The van der Waals surface area contributed by atoms with Gasteiger partial charge in [0.15, 0.2) is 5.82 Å². The minimum atomic E-state index is -0.322. The maximum Gasteiger partial charge on any atom is 0.261 e. The number of nitrogens with zero attached hydrogens (tertiary/aromatic N) is 4. The molecule has 0 bridgehead atoms. The van der Waals surface area contributed by atoms with E-state index >= 15 is 0 Å². The van der Waals surface area contributed by atoms with E-state index in [2.05, 4.69) is 32.9 Å². The molecule has 1 unspecified atom stereocenters. The third-order valence-electron chi connectivity index (χ3n) is 3.23. The van der Waals surface area contributed by atoms with Gasteiger partial charge >= 0.3 is 0 Å². The van der Waals surface area contributed by atoms with Gasteiger partial charge in [-0.2, -0.15) is 0 Å². The van der Waals surface area contributed by atoms with Crippen molar-refractivity contribution in [3.63, 3.8) is 0 Å². The summed E-state index contributed by atoms with van der Waals surface area (Å²) >= 11 is 0. The normalized spacial score (nSPS) is 15.4. The van der Waals surface area contributed by atoms with E-state index < -0.39 is 0 Å². The molecule has 21 heavy (non-hydrogen) atoms. The molecule has 107 valence electrons. The zero-order valence-corrected chi connectivity index (χ0v) is 11.1. The van der Waals surface area contributed by atoms with Gasteiger partial charge in [-0.25, -0.2) is 5.10 Å². The number of carbonyl (C=O) groups excluding carboxylic acids is 2. The van der Waals surface area contributed by atoms with Crippen LogP contribution in [-0.2, 0) is 6.54 Å². The molecule has 1 radical (unpaired) electrons. The van der Waals surface area contributed by atoms with Crippen molar-refractivity contribution in [1.29, 1.82) is 0 Å². The topological polar surface area (TPSA) is 104 Å². The Bertz CT molecular complexity index is 634. The molecule has 8 nitrogen and oxygen atoms in total. The number of hydrogen-bond acceptors (Lipinski definition) is 6. The number of nitrogens with one attached hydrogen (secondary N) is 2. The van der Waals surface area contributed by atoms with Crippen LogP contribution in [0.15, 0.2) is 24.3 Å². The van der Waals surface area contributed by atoms with Gasteiger partial charge in [0.2, 0.25) is 0 Å². The first-order valence-corrected chi connectivity index (χ1v) is 6.41. The number of aromatic amines is 1. The maximum atomic E-state index is 12.2. The molecule has 0 saturated carbocycles. The Kier molecular flexibility index (Phi) is 3.44. The Labute approximate surface area is 120 Å². The molecule has 1 aliphatic rings. The van der Waals surface area contributed by atoms with Crippen LogP contribution in [0, 0.1) is 6.92 Å². The highest BCUT2D eigenvalue weighted by Crippen LogP contribution is 2.22. The maximum absolute atomic E-state index is 12.2.